The van der Waals surface area contributed by atoms with Crippen LogP contribution in [0.15, 0.2) is 30.3 Å². The van der Waals surface area contributed by atoms with E-state index in [0.717, 1.165) is 0 Å². The molecule has 0 aromatic heterocycles. The summed E-state index contributed by atoms with van der Waals surface area (Å²) < 4.78 is 47.9. The molecule has 1 rings (SSSR count). The largest absolute Gasteiger partial charge is 0.477 e. The lowest BCUT2D eigenvalue weighted by Crippen LogP contribution is -2.54. The zero-order valence-corrected chi connectivity index (χ0v) is 11.1. The molecule has 7 heteroatoms. The van der Waals surface area contributed by atoms with Gasteiger partial charge in [0.15, 0.2) is 0 Å². The molecule has 0 bridgehead atoms. The van der Waals surface area contributed by atoms with Crippen molar-refractivity contribution in [2.45, 2.75) is 38.3 Å². The predicted molar refractivity (Wildman–Crippen MR) is 66.1 cm³/mol. The highest BCUT2D eigenvalue weighted by molar-refractivity contribution is 5.76. The highest BCUT2D eigenvalue weighted by atomic mass is 19.4. The third kappa shape index (κ3) is 4.73. The van der Waals surface area contributed by atoms with Crippen LogP contribution in [0, 0.1) is 0 Å². The monoisotopic (exact) mass is 291 g/mol. The quantitative estimate of drug-likeness (QED) is 0.845. The van der Waals surface area contributed by atoms with E-state index in [-0.39, 0.29) is 5.75 Å². The summed E-state index contributed by atoms with van der Waals surface area (Å²) in [7, 11) is 0. The Morgan fingerprint density at radius 2 is 1.75 bits per heavy atom. The third-order valence-electron chi connectivity index (χ3n) is 2.29. The van der Waals surface area contributed by atoms with Gasteiger partial charge in [0.05, 0.1) is 6.10 Å². The van der Waals surface area contributed by atoms with Gasteiger partial charge >= 0.3 is 12.1 Å². The number of ether oxygens (including phenoxy) is 2. The Morgan fingerprint density at radius 3 is 2.20 bits per heavy atom. The Labute approximate surface area is 114 Å². The smallest absolute Gasteiger partial charge is 0.407 e. The minimum absolute atomic E-state index is 0.109. The summed E-state index contributed by atoms with van der Waals surface area (Å²) in [6, 6.07) is 5.20. The molecule has 0 aliphatic heterocycles. The molecule has 4 nitrogen and oxygen atoms in total. The minimum atomic E-state index is -4.77. The van der Waals surface area contributed by atoms with Crippen molar-refractivity contribution >= 4 is 5.97 Å². The van der Waals surface area contributed by atoms with Crippen molar-refractivity contribution in [3.63, 3.8) is 0 Å². The van der Waals surface area contributed by atoms with Gasteiger partial charge in [0.1, 0.15) is 11.8 Å². The number of benzene rings is 1. The van der Waals surface area contributed by atoms with Crippen LogP contribution < -0.4 is 10.5 Å². The fourth-order valence-electron chi connectivity index (χ4n) is 1.38. The first-order chi connectivity index (χ1) is 9.21. The van der Waals surface area contributed by atoms with Crippen molar-refractivity contribution in [3.8, 4) is 5.75 Å². The van der Waals surface area contributed by atoms with Gasteiger partial charge < -0.3 is 15.2 Å². The first kappa shape index (κ1) is 16.3. The Bertz CT molecular complexity index is 434. The van der Waals surface area contributed by atoms with Crippen molar-refractivity contribution in [2.75, 3.05) is 0 Å². The fraction of sp³-hybridized carbons (Fsp3) is 0.462. The Kier molecular flexibility index (Phi) is 5.38. The highest BCUT2D eigenvalue weighted by Gasteiger charge is 2.47. The van der Waals surface area contributed by atoms with Gasteiger partial charge in [0.2, 0.25) is 6.10 Å². The van der Waals surface area contributed by atoms with Gasteiger partial charge in [0, 0.05) is 0 Å². The molecular formula is C13H16F3NO3. The van der Waals surface area contributed by atoms with Gasteiger partial charge in [-0.05, 0) is 26.0 Å². The van der Waals surface area contributed by atoms with E-state index in [2.05, 4.69) is 0 Å². The number of esters is 1. The number of para-hydroxylation sites is 1. The minimum Gasteiger partial charge on any atom is -0.477 e. The molecule has 0 fully saturated rings. The molecule has 112 valence electrons. The van der Waals surface area contributed by atoms with Crippen molar-refractivity contribution in [1.29, 1.82) is 0 Å². The summed E-state index contributed by atoms with van der Waals surface area (Å²) in [6.07, 6.45) is -7.28. The van der Waals surface area contributed by atoms with E-state index in [1.807, 2.05) is 0 Å². The maximum absolute atomic E-state index is 12.7. The second kappa shape index (κ2) is 6.60. The van der Waals surface area contributed by atoms with E-state index < -0.39 is 30.4 Å². The van der Waals surface area contributed by atoms with Crippen LogP contribution in [0.3, 0.4) is 0 Å². The van der Waals surface area contributed by atoms with Crippen LogP contribution in [0.4, 0.5) is 13.2 Å². The second-order valence-corrected chi connectivity index (χ2v) is 4.40. The van der Waals surface area contributed by atoms with E-state index in [1.54, 1.807) is 18.2 Å². The molecule has 0 spiro atoms. The highest BCUT2D eigenvalue weighted by Crippen LogP contribution is 2.24. The van der Waals surface area contributed by atoms with E-state index >= 15 is 0 Å². The Morgan fingerprint density at radius 1 is 1.20 bits per heavy atom. The molecule has 1 aromatic rings. The third-order valence-corrected chi connectivity index (χ3v) is 2.29. The molecule has 20 heavy (non-hydrogen) atoms. The standard InChI is InChI=1S/C13H16F3NO3/c1-8(2)19-12(18)10(11(17)13(14,15)16)20-9-6-4-3-5-7-9/h3-8,10-11H,17H2,1-2H3/t10-,11-/m0/s1. The summed E-state index contributed by atoms with van der Waals surface area (Å²) in [5.74, 6) is -1.04. The van der Waals surface area contributed by atoms with Crippen LogP contribution in [0.5, 0.6) is 5.75 Å². The summed E-state index contributed by atoms with van der Waals surface area (Å²) in [4.78, 5) is 11.7. The predicted octanol–water partition coefficient (Wildman–Crippen LogP) is 2.28. The van der Waals surface area contributed by atoms with Gasteiger partial charge in [-0.2, -0.15) is 13.2 Å². The van der Waals surface area contributed by atoms with E-state index in [4.69, 9.17) is 15.2 Å². The van der Waals surface area contributed by atoms with Crippen LogP contribution >= 0.6 is 0 Å². The average Bonchev–Trinajstić information content (AvgIpc) is 2.34. The molecule has 0 heterocycles. The fourth-order valence-corrected chi connectivity index (χ4v) is 1.38. The molecule has 0 unspecified atom stereocenters. The van der Waals surface area contributed by atoms with E-state index in [1.165, 1.54) is 26.0 Å². The number of alkyl halides is 3. The number of hydrogen-bond donors (Lipinski definition) is 1. The summed E-state index contributed by atoms with van der Waals surface area (Å²) in [5.41, 5.74) is 5.07. The number of halogens is 3. The van der Waals surface area contributed by atoms with Crippen LogP contribution in [0.25, 0.3) is 0 Å². The summed E-state index contributed by atoms with van der Waals surface area (Å²) in [6.45, 7) is 3.05. The van der Waals surface area contributed by atoms with Gasteiger partial charge in [-0.15, -0.1) is 0 Å². The number of nitrogens with two attached hydrogens (primary N) is 1. The molecule has 0 saturated heterocycles. The Hall–Kier alpha value is -1.76. The Balaban J connectivity index is 2.92. The molecule has 2 N–H and O–H groups in total. The SMILES string of the molecule is CC(C)OC(=O)[C@@H](Oc1ccccc1)[C@H](N)C(F)(F)F. The summed E-state index contributed by atoms with van der Waals surface area (Å²) in [5, 5.41) is 0. The van der Waals surface area contributed by atoms with Gasteiger partial charge in [-0.1, -0.05) is 18.2 Å². The molecule has 0 aliphatic carbocycles. The zero-order valence-electron chi connectivity index (χ0n) is 11.1. The molecule has 0 amide bonds. The second-order valence-electron chi connectivity index (χ2n) is 4.40. The molecule has 1 aromatic carbocycles. The molecule has 2 atom stereocenters. The van der Waals surface area contributed by atoms with Crippen LogP contribution in [0.1, 0.15) is 13.8 Å². The van der Waals surface area contributed by atoms with Crippen LogP contribution in [0.2, 0.25) is 0 Å². The number of carbonyl (C=O) groups excluding carboxylic acids is 1. The van der Waals surface area contributed by atoms with Crippen molar-refractivity contribution in [3.05, 3.63) is 30.3 Å². The van der Waals surface area contributed by atoms with Crippen LogP contribution in [-0.2, 0) is 9.53 Å². The lowest BCUT2D eigenvalue weighted by Gasteiger charge is -2.25. The first-order valence-corrected chi connectivity index (χ1v) is 5.96. The number of rotatable bonds is 5. The number of carbonyl (C=O) groups is 1. The maximum Gasteiger partial charge on any atom is 0.407 e. The first-order valence-electron chi connectivity index (χ1n) is 5.96. The average molecular weight is 291 g/mol. The number of hydrogen-bond acceptors (Lipinski definition) is 4. The normalized spacial score (nSPS) is 14.8. The maximum atomic E-state index is 12.7. The topological polar surface area (TPSA) is 61.5 Å². The van der Waals surface area contributed by atoms with Gasteiger partial charge in [-0.25, -0.2) is 4.79 Å². The zero-order chi connectivity index (χ0) is 15.3. The molecular weight excluding hydrogens is 275 g/mol. The van der Waals surface area contributed by atoms with Gasteiger partial charge in [0.25, 0.3) is 0 Å². The molecule has 0 radical (unpaired) electrons. The lowest BCUT2D eigenvalue weighted by atomic mass is 10.1. The van der Waals surface area contributed by atoms with Crippen LogP contribution in [-0.4, -0.2) is 30.4 Å². The van der Waals surface area contributed by atoms with Crippen molar-refractivity contribution < 1.29 is 27.4 Å². The van der Waals surface area contributed by atoms with Crippen molar-refractivity contribution in [1.82, 2.24) is 0 Å². The van der Waals surface area contributed by atoms with Crippen molar-refractivity contribution in [2.24, 2.45) is 5.73 Å². The van der Waals surface area contributed by atoms with E-state index in [0.29, 0.717) is 0 Å². The molecule has 0 aliphatic rings. The van der Waals surface area contributed by atoms with Gasteiger partial charge in [-0.3, -0.25) is 0 Å². The van der Waals surface area contributed by atoms with E-state index in [9.17, 15) is 18.0 Å². The summed E-state index contributed by atoms with van der Waals surface area (Å²) >= 11 is 0. The molecule has 0 saturated carbocycles. The lowest BCUT2D eigenvalue weighted by molar-refractivity contribution is -0.185.